The average Bonchev–Trinajstić information content (AvgIpc) is 2.14. The summed E-state index contributed by atoms with van der Waals surface area (Å²) < 4.78 is 0. The molecular weight excluding hydrogens is 129 g/mol. The number of carboxylic acid groups (broad SMARTS) is 1. The van der Waals surface area contributed by atoms with Gasteiger partial charge in [0, 0.05) is 7.62 Å². The molecule has 0 aromatic carbocycles. The first kappa shape index (κ1) is 6.93. The van der Waals surface area contributed by atoms with Crippen LogP contribution in [-0.2, 0) is 0 Å². The first-order valence-electron chi connectivity index (χ1n) is 2.79. The van der Waals surface area contributed by atoms with Gasteiger partial charge in [0.2, 0.25) is 0 Å². The van der Waals surface area contributed by atoms with Gasteiger partial charge in [-0.15, -0.1) is 0 Å². The predicted octanol–water partition coefficient (Wildman–Crippen LogP) is 0.0611. The van der Waals surface area contributed by atoms with Crippen molar-refractivity contribution in [1.29, 1.82) is 0 Å². The van der Waals surface area contributed by atoms with E-state index in [1.807, 2.05) is 0 Å². The van der Waals surface area contributed by atoms with Crippen LogP contribution in [0.1, 0.15) is 17.3 Å². The molecule has 0 aliphatic rings. The average molecular weight is 138 g/mol. The molecule has 0 aliphatic carbocycles. The second-order valence-corrected chi connectivity index (χ2v) is 2.05. The number of aromatic amines is 1. The summed E-state index contributed by atoms with van der Waals surface area (Å²) in [6, 6.07) is 0. The maximum absolute atomic E-state index is 10.4. The van der Waals surface area contributed by atoms with E-state index in [4.69, 9.17) is 13.0 Å². The zero-order chi connectivity index (χ0) is 7.72. The molecule has 10 heavy (non-hydrogen) atoms. The highest BCUT2D eigenvalue weighted by molar-refractivity contribution is 6.32. The predicted molar refractivity (Wildman–Crippen MR) is 40.0 cm³/mol. The van der Waals surface area contributed by atoms with Crippen LogP contribution in [0.5, 0.6) is 0 Å². The smallest absolute Gasteiger partial charge is 0.337 e. The molecule has 0 fully saturated rings. The van der Waals surface area contributed by atoms with E-state index in [2.05, 4.69) is 4.98 Å². The van der Waals surface area contributed by atoms with E-state index in [-0.39, 0.29) is 6.99 Å². The van der Waals surface area contributed by atoms with Gasteiger partial charge in [-0.25, -0.2) is 4.79 Å². The van der Waals surface area contributed by atoms with Crippen LogP contribution in [0.15, 0.2) is 6.20 Å². The molecule has 0 spiro atoms. The molecule has 0 unspecified atom stereocenters. The topological polar surface area (TPSA) is 53.1 Å². The van der Waals surface area contributed by atoms with E-state index in [1.54, 1.807) is 6.92 Å². The van der Waals surface area contributed by atoms with Crippen molar-refractivity contribution < 1.29 is 11.3 Å². The molecule has 52 valence electrons. The lowest BCUT2D eigenvalue weighted by molar-refractivity contribution is 0.0696. The fourth-order valence-corrected chi connectivity index (χ4v) is 0.734. The van der Waals surface area contributed by atoms with Crippen molar-refractivity contribution >= 4 is 19.4 Å². The van der Waals surface area contributed by atoms with Gasteiger partial charge in [0.15, 0.2) is 0 Å². The number of aromatic nitrogens is 1. The van der Waals surface area contributed by atoms with Crippen molar-refractivity contribution in [3.05, 3.63) is 17.3 Å². The largest absolute Gasteiger partial charge is 0.478 e. The fraction of sp³-hybridized carbons (Fsp3) is 0.167. The van der Waals surface area contributed by atoms with Gasteiger partial charge in [-0.2, -0.15) is 0 Å². The third-order valence-corrected chi connectivity index (χ3v) is 1.41. The Balaban J connectivity index is 0.000001000. The Kier molecular flexibility index (Phi) is 1.53. The molecule has 2 N–H and O–H groups in total. The normalized spacial score (nSPS) is 9.70. The molecule has 1 aromatic rings. The number of hydrogen-bond donors (Lipinski definition) is 2. The SMILES string of the molecule is [2HH].[B]c1[nH]cc(C(=O)O)c1C. The lowest BCUT2D eigenvalue weighted by Gasteiger charge is -1.90. The summed E-state index contributed by atoms with van der Waals surface area (Å²) >= 11 is 0. The fourth-order valence-electron chi connectivity index (χ4n) is 0.734. The lowest BCUT2D eigenvalue weighted by Crippen LogP contribution is -2.07. The van der Waals surface area contributed by atoms with Gasteiger partial charge in [0.25, 0.3) is 0 Å². The van der Waals surface area contributed by atoms with Crippen LogP contribution < -0.4 is 5.59 Å². The number of hydrogen-bond acceptors (Lipinski definition) is 1. The third kappa shape index (κ3) is 0.921. The van der Waals surface area contributed by atoms with Crippen LogP contribution >= 0.6 is 0 Å². The molecule has 1 rings (SSSR count). The first-order valence-corrected chi connectivity index (χ1v) is 2.79. The summed E-state index contributed by atoms with van der Waals surface area (Å²) in [6.07, 6.45) is 1.38. The molecule has 0 saturated heterocycles. The number of rotatable bonds is 1. The minimum absolute atomic E-state index is 0. The van der Waals surface area contributed by atoms with Crippen LogP contribution in [0, 0.1) is 6.92 Å². The monoisotopic (exact) mass is 138 g/mol. The minimum atomic E-state index is -0.953. The summed E-state index contributed by atoms with van der Waals surface area (Å²) in [4.78, 5) is 13.0. The Labute approximate surface area is 61.0 Å². The summed E-state index contributed by atoms with van der Waals surface area (Å²) in [5, 5.41) is 8.50. The second-order valence-electron chi connectivity index (χ2n) is 2.05. The first-order chi connectivity index (χ1) is 4.63. The number of H-pyrrole nitrogens is 1. The summed E-state index contributed by atoms with van der Waals surface area (Å²) in [7, 11) is 5.36. The minimum Gasteiger partial charge on any atom is -0.478 e. The van der Waals surface area contributed by atoms with E-state index >= 15 is 0 Å². The van der Waals surface area contributed by atoms with Crippen molar-refractivity contribution in [1.82, 2.24) is 4.98 Å². The summed E-state index contributed by atoms with van der Waals surface area (Å²) in [6.45, 7) is 1.66. The van der Waals surface area contributed by atoms with Crippen molar-refractivity contribution in [2.75, 3.05) is 0 Å². The van der Waals surface area contributed by atoms with Crippen molar-refractivity contribution in [2.24, 2.45) is 0 Å². The van der Waals surface area contributed by atoms with Gasteiger partial charge in [-0.1, -0.05) is 0 Å². The molecule has 1 aromatic heterocycles. The zero-order valence-corrected chi connectivity index (χ0v) is 5.51. The van der Waals surface area contributed by atoms with Gasteiger partial charge >= 0.3 is 5.97 Å². The Morgan fingerprint density at radius 3 is 2.70 bits per heavy atom. The summed E-state index contributed by atoms with van der Waals surface area (Å²) in [5.41, 5.74) is 1.24. The molecule has 4 heteroatoms. The van der Waals surface area contributed by atoms with Crippen molar-refractivity contribution in [3.63, 3.8) is 0 Å². The third-order valence-electron chi connectivity index (χ3n) is 1.41. The number of carbonyl (C=O) groups is 1. The number of nitrogens with one attached hydrogen (secondary N) is 1. The highest BCUT2D eigenvalue weighted by Crippen LogP contribution is 2.01. The molecule has 0 bridgehead atoms. The molecule has 0 saturated carbocycles. The van der Waals surface area contributed by atoms with E-state index in [1.165, 1.54) is 6.20 Å². The highest BCUT2D eigenvalue weighted by atomic mass is 16.4. The van der Waals surface area contributed by atoms with Crippen LogP contribution in [0.3, 0.4) is 0 Å². The van der Waals surface area contributed by atoms with Crippen molar-refractivity contribution in [3.8, 4) is 0 Å². The number of carboxylic acids is 1. The maximum atomic E-state index is 10.4. The van der Waals surface area contributed by atoms with Gasteiger partial charge in [0.1, 0.15) is 7.85 Å². The maximum Gasteiger partial charge on any atom is 0.337 e. The molecule has 1 heterocycles. The van der Waals surface area contributed by atoms with Crippen LogP contribution in [0.4, 0.5) is 0 Å². The Bertz CT molecular complexity index is 272. The summed E-state index contributed by atoms with van der Waals surface area (Å²) in [5.74, 6) is -0.953. The van der Waals surface area contributed by atoms with Crippen LogP contribution in [0.25, 0.3) is 0 Å². The van der Waals surface area contributed by atoms with Gasteiger partial charge in [0.05, 0.1) is 5.56 Å². The highest BCUT2D eigenvalue weighted by Gasteiger charge is 2.08. The van der Waals surface area contributed by atoms with Gasteiger partial charge in [-0.05, 0) is 18.1 Å². The Morgan fingerprint density at radius 1 is 1.90 bits per heavy atom. The standard InChI is InChI=1S/C6H6BNO2.H2/c1-3-4(6(9)10)2-8-5(3)7;/h2,8H,1H3,(H,9,10);1H/i;1+1. The van der Waals surface area contributed by atoms with E-state index in [0.29, 0.717) is 11.2 Å². The molecule has 2 radical (unpaired) electrons. The van der Waals surface area contributed by atoms with E-state index in [0.717, 1.165) is 0 Å². The van der Waals surface area contributed by atoms with Gasteiger partial charge in [-0.3, -0.25) is 0 Å². The molecule has 0 atom stereocenters. The number of aromatic carboxylic acids is 1. The molecule has 0 aliphatic heterocycles. The Morgan fingerprint density at radius 2 is 2.50 bits per heavy atom. The van der Waals surface area contributed by atoms with Crippen LogP contribution in [-0.4, -0.2) is 23.9 Å². The van der Waals surface area contributed by atoms with Crippen LogP contribution in [0.2, 0.25) is 0 Å². The molecular formula is C6H8BNO2. The Hall–Kier alpha value is -1.19. The van der Waals surface area contributed by atoms with Crippen molar-refractivity contribution in [2.45, 2.75) is 6.92 Å². The van der Waals surface area contributed by atoms with E-state index in [9.17, 15) is 4.79 Å². The second kappa shape index (κ2) is 2.21. The van der Waals surface area contributed by atoms with E-state index < -0.39 is 5.97 Å². The van der Waals surface area contributed by atoms with Gasteiger partial charge < -0.3 is 10.1 Å². The molecule has 3 nitrogen and oxygen atoms in total. The quantitative estimate of drug-likeness (QED) is 0.539. The lowest BCUT2D eigenvalue weighted by atomic mass is 9.99. The molecule has 0 amide bonds. The zero-order valence-electron chi connectivity index (χ0n) is 5.51.